The second-order valence-corrected chi connectivity index (χ2v) is 6.52. The van der Waals surface area contributed by atoms with Gasteiger partial charge in [-0.25, -0.2) is 4.98 Å². The Hall–Kier alpha value is -1.30. The second-order valence-electron chi connectivity index (χ2n) is 4.64. The van der Waals surface area contributed by atoms with Gasteiger partial charge in [0.15, 0.2) is 5.16 Å². The highest BCUT2D eigenvalue weighted by Crippen LogP contribution is 2.34. The third-order valence-corrected chi connectivity index (χ3v) is 4.94. The van der Waals surface area contributed by atoms with Crippen LogP contribution in [0, 0.1) is 0 Å². The van der Waals surface area contributed by atoms with Gasteiger partial charge < -0.3 is 10.7 Å². The maximum atomic E-state index is 5.89. The minimum atomic E-state index is 0.0385. The minimum absolute atomic E-state index is 0.0385. The number of H-pyrrole nitrogens is 1. The molecule has 5 heteroatoms. The first-order valence-electron chi connectivity index (χ1n) is 6.31. The van der Waals surface area contributed by atoms with E-state index in [0.717, 1.165) is 31.1 Å². The van der Waals surface area contributed by atoms with Crippen molar-refractivity contribution in [2.75, 3.05) is 0 Å². The van der Waals surface area contributed by atoms with E-state index in [1.165, 1.54) is 0 Å². The van der Waals surface area contributed by atoms with E-state index < -0.39 is 0 Å². The molecule has 3 aromatic rings. The Morgan fingerprint density at radius 1 is 1.25 bits per heavy atom. The molecule has 0 aliphatic rings. The standard InChI is InChI=1S/C15H14BrN3S/c1-9(17)10-6-7-14(11(16)8-10)20-15-18-12-4-2-3-5-13(12)19-15/h2-9H,17H2,1H3,(H,18,19)/t9-/m1/s1. The van der Waals surface area contributed by atoms with Gasteiger partial charge in [0.2, 0.25) is 0 Å². The van der Waals surface area contributed by atoms with Crippen LogP contribution >= 0.6 is 27.7 Å². The van der Waals surface area contributed by atoms with Gasteiger partial charge in [-0.3, -0.25) is 0 Å². The number of nitrogens with two attached hydrogens (primary N) is 1. The third kappa shape index (κ3) is 2.75. The highest BCUT2D eigenvalue weighted by atomic mass is 79.9. The molecule has 0 aliphatic heterocycles. The predicted molar refractivity (Wildman–Crippen MR) is 87.0 cm³/mol. The molecule has 0 fully saturated rings. The molecule has 3 N–H and O–H groups in total. The molecule has 0 saturated heterocycles. The fourth-order valence-corrected chi connectivity index (χ4v) is 3.41. The zero-order chi connectivity index (χ0) is 14.1. The highest BCUT2D eigenvalue weighted by molar-refractivity contribution is 9.10. The molecule has 20 heavy (non-hydrogen) atoms. The number of imidazole rings is 1. The zero-order valence-corrected chi connectivity index (χ0v) is 13.3. The maximum Gasteiger partial charge on any atom is 0.171 e. The Kier molecular flexibility index (Phi) is 3.83. The van der Waals surface area contributed by atoms with Crippen molar-refractivity contribution in [3.8, 4) is 0 Å². The van der Waals surface area contributed by atoms with E-state index in [2.05, 4.69) is 44.1 Å². The molecule has 1 heterocycles. The van der Waals surface area contributed by atoms with Gasteiger partial charge in [0.05, 0.1) is 11.0 Å². The second kappa shape index (κ2) is 5.60. The quantitative estimate of drug-likeness (QED) is 0.733. The average molecular weight is 348 g/mol. The number of rotatable bonds is 3. The lowest BCUT2D eigenvalue weighted by molar-refractivity contribution is 0.815. The van der Waals surface area contributed by atoms with Crippen molar-refractivity contribution in [1.82, 2.24) is 9.97 Å². The summed E-state index contributed by atoms with van der Waals surface area (Å²) in [6.07, 6.45) is 0. The van der Waals surface area contributed by atoms with Crippen molar-refractivity contribution < 1.29 is 0 Å². The van der Waals surface area contributed by atoms with E-state index in [4.69, 9.17) is 5.73 Å². The lowest BCUT2D eigenvalue weighted by Crippen LogP contribution is -2.04. The van der Waals surface area contributed by atoms with Crippen LogP contribution < -0.4 is 5.73 Å². The van der Waals surface area contributed by atoms with Crippen LogP contribution in [0.3, 0.4) is 0 Å². The molecule has 0 bridgehead atoms. The molecule has 0 unspecified atom stereocenters. The number of aromatic amines is 1. The molecule has 102 valence electrons. The summed E-state index contributed by atoms with van der Waals surface area (Å²) in [5.41, 5.74) is 9.05. The number of hydrogen-bond acceptors (Lipinski definition) is 3. The molecule has 0 amide bonds. The number of benzene rings is 2. The van der Waals surface area contributed by atoms with E-state index >= 15 is 0 Å². The first-order valence-corrected chi connectivity index (χ1v) is 7.92. The van der Waals surface area contributed by atoms with Crippen LogP contribution in [0.1, 0.15) is 18.5 Å². The van der Waals surface area contributed by atoms with Gasteiger partial charge in [0.25, 0.3) is 0 Å². The van der Waals surface area contributed by atoms with Crippen molar-refractivity contribution in [2.45, 2.75) is 23.0 Å². The van der Waals surface area contributed by atoms with Crippen LogP contribution in [-0.4, -0.2) is 9.97 Å². The normalized spacial score (nSPS) is 12.8. The van der Waals surface area contributed by atoms with Crippen molar-refractivity contribution in [1.29, 1.82) is 0 Å². The van der Waals surface area contributed by atoms with Crippen LogP contribution in [0.15, 0.2) is 57.0 Å². The summed E-state index contributed by atoms with van der Waals surface area (Å²) in [6.45, 7) is 1.98. The van der Waals surface area contributed by atoms with E-state index in [1.807, 2.05) is 31.2 Å². The SMILES string of the molecule is C[C@@H](N)c1ccc(Sc2nc3ccccc3[nH]2)c(Br)c1. The topological polar surface area (TPSA) is 54.7 Å². The van der Waals surface area contributed by atoms with E-state index in [9.17, 15) is 0 Å². The summed E-state index contributed by atoms with van der Waals surface area (Å²) >= 11 is 5.20. The van der Waals surface area contributed by atoms with Crippen molar-refractivity contribution in [2.24, 2.45) is 5.73 Å². The first-order chi connectivity index (χ1) is 9.63. The van der Waals surface area contributed by atoms with E-state index in [0.29, 0.717) is 0 Å². The van der Waals surface area contributed by atoms with Gasteiger partial charge in [-0.2, -0.15) is 0 Å². The minimum Gasteiger partial charge on any atom is -0.333 e. The summed E-state index contributed by atoms with van der Waals surface area (Å²) in [4.78, 5) is 9.00. The molecule has 0 radical (unpaired) electrons. The van der Waals surface area contributed by atoms with Gasteiger partial charge in [-0.05, 0) is 52.7 Å². The van der Waals surface area contributed by atoms with Crippen LogP contribution in [-0.2, 0) is 0 Å². The summed E-state index contributed by atoms with van der Waals surface area (Å²) < 4.78 is 1.04. The van der Waals surface area contributed by atoms with Gasteiger partial charge in [-0.15, -0.1) is 0 Å². The molecule has 0 spiro atoms. The van der Waals surface area contributed by atoms with Crippen molar-refractivity contribution in [3.63, 3.8) is 0 Å². The Labute approximate surface area is 130 Å². The summed E-state index contributed by atoms with van der Waals surface area (Å²) in [5.74, 6) is 0. The number of nitrogens with one attached hydrogen (secondary N) is 1. The summed E-state index contributed by atoms with van der Waals surface area (Å²) in [7, 11) is 0. The fraction of sp³-hybridized carbons (Fsp3) is 0.133. The van der Waals surface area contributed by atoms with Crippen LogP contribution in [0.2, 0.25) is 0 Å². The van der Waals surface area contributed by atoms with Gasteiger partial charge in [0, 0.05) is 15.4 Å². The molecular weight excluding hydrogens is 334 g/mol. The molecule has 0 saturated carbocycles. The third-order valence-electron chi connectivity index (χ3n) is 3.06. The van der Waals surface area contributed by atoms with Crippen LogP contribution in [0.4, 0.5) is 0 Å². The Morgan fingerprint density at radius 3 is 2.75 bits per heavy atom. The molecule has 1 aromatic heterocycles. The van der Waals surface area contributed by atoms with E-state index in [-0.39, 0.29) is 6.04 Å². The Morgan fingerprint density at radius 2 is 2.05 bits per heavy atom. The van der Waals surface area contributed by atoms with Crippen LogP contribution in [0.25, 0.3) is 11.0 Å². The molecular formula is C15H14BrN3S. The first kappa shape index (κ1) is 13.7. The van der Waals surface area contributed by atoms with Crippen LogP contribution in [0.5, 0.6) is 0 Å². The monoisotopic (exact) mass is 347 g/mol. The molecule has 2 aromatic carbocycles. The average Bonchev–Trinajstić information content (AvgIpc) is 2.83. The number of nitrogens with zero attached hydrogens (tertiary/aromatic N) is 1. The molecule has 1 atom stereocenters. The van der Waals surface area contributed by atoms with Crippen molar-refractivity contribution in [3.05, 3.63) is 52.5 Å². The Bertz CT molecular complexity index is 719. The summed E-state index contributed by atoms with van der Waals surface area (Å²) in [6, 6.07) is 14.3. The maximum absolute atomic E-state index is 5.89. The molecule has 0 aliphatic carbocycles. The van der Waals surface area contributed by atoms with Gasteiger partial charge in [-0.1, -0.05) is 30.0 Å². The number of para-hydroxylation sites is 2. The highest BCUT2D eigenvalue weighted by Gasteiger charge is 2.09. The molecule has 3 rings (SSSR count). The smallest absolute Gasteiger partial charge is 0.171 e. The fourth-order valence-electron chi connectivity index (χ4n) is 1.96. The molecule has 3 nitrogen and oxygen atoms in total. The number of aromatic nitrogens is 2. The van der Waals surface area contributed by atoms with Gasteiger partial charge >= 0.3 is 0 Å². The predicted octanol–water partition coefficient (Wildman–Crippen LogP) is 4.50. The number of hydrogen-bond donors (Lipinski definition) is 2. The Balaban J connectivity index is 1.90. The zero-order valence-electron chi connectivity index (χ0n) is 10.9. The lowest BCUT2D eigenvalue weighted by atomic mass is 10.1. The largest absolute Gasteiger partial charge is 0.333 e. The number of fused-ring (bicyclic) bond motifs is 1. The van der Waals surface area contributed by atoms with Crippen molar-refractivity contribution >= 4 is 38.7 Å². The number of halogens is 1. The summed E-state index contributed by atoms with van der Waals surface area (Å²) in [5, 5.41) is 0.889. The van der Waals surface area contributed by atoms with E-state index in [1.54, 1.807) is 11.8 Å². The lowest BCUT2D eigenvalue weighted by Gasteiger charge is -2.08. The van der Waals surface area contributed by atoms with Gasteiger partial charge in [0.1, 0.15) is 0 Å².